The molecule has 2 rings (SSSR count). The number of nitrogens with one attached hydrogen (secondary N) is 2. The average Bonchev–Trinajstić information content (AvgIpc) is 2.60. The first-order chi connectivity index (χ1) is 11.6. The molecule has 0 aromatic heterocycles. The Balaban J connectivity index is 2.16. The summed E-state index contributed by atoms with van der Waals surface area (Å²) in [6.07, 6.45) is 0. The highest BCUT2D eigenvalue weighted by Gasteiger charge is 2.17. The fourth-order valence-corrected chi connectivity index (χ4v) is 2.28. The number of benzene rings is 2. The summed E-state index contributed by atoms with van der Waals surface area (Å²) in [7, 11) is 4.47. The molecule has 0 saturated carbocycles. The van der Waals surface area contributed by atoms with Crippen molar-refractivity contribution in [2.75, 3.05) is 26.6 Å². The monoisotopic (exact) mass is 346 g/mol. The SMILES string of the molecule is COc1cc(C(=O)NC(=S)Nc2ccccc2)cc(OC)c1OC. The quantitative estimate of drug-likeness (QED) is 0.812. The van der Waals surface area contributed by atoms with Crippen LogP contribution in [0, 0.1) is 0 Å². The number of hydrogen-bond acceptors (Lipinski definition) is 5. The lowest BCUT2D eigenvalue weighted by molar-refractivity contribution is 0.0977. The van der Waals surface area contributed by atoms with Gasteiger partial charge in [0.25, 0.3) is 5.91 Å². The predicted octanol–water partition coefficient (Wildman–Crippen LogP) is 2.84. The van der Waals surface area contributed by atoms with Crippen molar-refractivity contribution in [1.29, 1.82) is 0 Å². The maximum atomic E-state index is 12.4. The van der Waals surface area contributed by atoms with Crippen LogP contribution in [0.15, 0.2) is 42.5 Å². The summed E-state index contributed by atoms with van der Waals surface area (Å²) in [5, 5.41) is 5.74. The molecule has 2 N–H and O–H groups in total. The first kappa shape index (κ1) is 17.6. The number of ether oxygens (including phenoxy) is 3. The van der Waals surface area contributed by atoms with Gasteiger partial charge in [0.15, 0.2) is 16.6 Å². The molecule has 126 valence electrons. The van der Waals surface area contributed by atoms with E-state index in [2.05, 4.69) is 10.6 Å². The minimum Gasteiger partial charge on any atom is -0.493 e. The molecular weight excluding hydrogens is 328 g/mol. The first-order valence-corrected chi connectivity index (χ1v) is 7.47. The van der Waals surface area contributed by atoms with Gasteiger partial charge in [-0.15, -0.1) is 0 Å². The van der Waals surface area contributed by atoms with E-state index >= 15 is 0 Å². The van der Waals surface area contributed by atoms with E-state index in [1.807, 2.05) is 30.3 Å². The van der Waals surface area contributed by atoms with Gasteiger partial charge in [0.1, 0.15) is 0 Å². The lowest BCUT2D eigenvalue weighted by Gasteiger charge is -2.14. The van der Waals surface area contributed by atoms with Crippen LogP contribution in [-0.4, -0.2) is 32.3 Å². The van der Waals surface area contributed by atoms with Crippen molar-refractivity contribution in [1.82, 2.24) is 5.32 Å². The summed E-state index contributed by atoms with van der Waals surface area (Å²) in [5.41, 5.74) is 1.12. The van der Waals surface area contributed by atoms with Crippen molar-refractivity contribution in [3.05, 3.63) is 48.0 Å². The van der Waals surface area contributed by atoms with E-state index in [0.29, 0.717) is 22.8 Å². The highest BCUT2D eigenvalue weighted by Crippen LogP contribution is 2.38. The zero-order chi connectivity index (χ0) is 17.5. The van der Waals surface area contributed by atoms with Gasteiger partial charge in [-0.3, -0.25) is 10.1 Å². The lowest BCUT2D eigenvalue weighted by atomic mass is 10.1. The Morgan fingerprint density at radius 3 is 2.04 bits per heavy atom. The van der Waals surface area contributed by atoms with Crippen LogP contribution in [0.1, 0.15) is 10.4 Å². The van der Waals surface area contributed by atoms with Crippen molar-refractivity contribution in [2.24, 2.45) is 0 Å². The smallest absolute Gasteiger partial charge is 0.257 e. The van der Waals surface area contributed by atoms with Crippen LogP contribution in [0.25, 0.3) is 0 Å². The Kier molecular flexibility index (Phi) is 5.97. The molecule has 0 radical (unpaired) electrons. The van der Waals surface area contributed by atoms with Gasteiger partial charge in [-0.2, -0.15) is 0 Å². The molecule has 0 unspecified atom stereocenters. The third-order valence-electron chi connectivity index (χ3n) is 3.19. The summed E-state index contributed by atoms with van der Waals surface area (Å²) < 4.78 is 15.7. The molecule has 0 bridgehead atoms. The topological polar surface area (TPSA) is 68.8 Å². The normalized spacial score (nSPS) is 9.79. The number of carbonyl (C=O) groups excluding carboxylic acids is 1. The molecular formula is C17H18N2O4S. The van der Waals surface area contributed by atoms with E-state index in [0.717, 1.165) is 5.69 Å². The van der Waals surface area contributed by atoms with Crippen LogP contribution in [0.5, 0.6) is 17.2 Å². The van der Waals surface area contributed by atoms with Crippen LogP contribution in [0.2, 0.25) is 0 Å². The number of carbonyl (C=O) groups is 1. The van der Waals surface area contributed by atoms with E-state index in [-0.39, 0.29) is 11.0 Å². The van der Waals surface area contributed by atoms with Gasteiger partial charge >= 0.3 is 0 Å². The number of para-hydroxylation sites is 1. The van der Waals surface area contributed by atoms with Crippen molar-refractivity contribution >= 4 is 28.9 Å². The molecule has 0 aliphatic heterocycles. The third-order valence-corrected chi connectivity index (χ3v) is 3.39. The zero-order valence-electron chi connectivity index (χ0n) is 13.6. The van der Waals surface area contributed by atoms with Gasteiger partial charge in [-0.05, 0) is 36.5 Å². The fraction of sp³-hybridized carbons (Fsp3) is 0.176. The molecule has 0 heterocycles. The van der Waals surface area contributed by atoms with Crippen molar-refractivity contribution in [3.63, 3.8) is 0 Å². The second-order valence-electron chi connectivity index (χ2n) is 4.69. The molecule has 0 saturated heterocycles. The van der Waals surface area contributed by atoms with Crippen molar-refractivity contribution in [3.8, 4) is 17.2 Å². The number of hydrogen-bond donors (Lipinski definition) is 2. The predicted molar refractivity (Wildman–Crippen MR) is 96.2 cm³/mol. The van der Waals surface area contributed by atoms with Crippen LogP contribution in [-0.2, 0) is 0 Å². The van der Waals surface area contributed by atoms with E-state index in [1.165, 1.54) is 21.3 Å². The number of amides is 1. The molecule has 0 atom stereocenters. The Bertz CT molecular complexity index is 710. The van der Waals surface area contributed by atoms with Gasteiger partial charge in [0, 0.05) is 11.3 Å². The largest absolute Gasteiger partial charge is 0.493 e. The fourth-order valence-electron chi connectivity index (χ4n) is 2.07. The van der Waals surface area contributed by atoms with Crippen LogP contribution in [0.4, 0.5) is 5.69 Å². The number of methoxy groups -OCH3 is 3. The first-order valence-electron chi connectivity index (χ1n) is 7.06. The third kappa shape index (κ3) is 4.14. The molecule has 2 aromatic rings. The van der Waals surface area contributed by atoms with Gasteiger partial charge in [0.2, 0.25) is 5.75 Å². The minimum atomic E-state index is -0.386. The highest BCUT2D eigenvalue weighted by atomic mass is 32.1. The standard InChI is InChI=1S/C17H18N2O4S/c1-21-13-9-11(10-14(22-2)15(13)23-3)16(20)19-17(24)18-12-7-5-4-6-8-12/h4-10H,1-3H3,(H2,18,19,20,24). The van der Waals surface area contributed by atoms with Gasteiger partial charge < -0.3 is 19.5 Å². The van der Waals surface area contributed by atoms with Gasteiger partial charge in [0.05, 0.1) is 21.3 Å². The van der Waals surface area contributed by atoms with E-state index in [1.54, 1.807) is 12.1 Å². The minimum absolute atomic E-state index is 0.194. The van der Waals surface area contributed by atoms with Crippen LogP contribution in [0.3, 0.4) is 0 Å². The maximum Gasteiger partial charge on any atom is 0.257 e. The Labute approximate surface area is 145 Å². The zero-order valence-corrected chi connectivity index (χ0v) is 14.4. The molecule has 2 aromatic carbocycles. The second kappa shape index (κ2) is 8.16. The van der Waals surface area contributed by atoms with Crippen LogP contribution < -0.4 is 24.8 Å². The Hall–Kier alpha value is -2.80. The second-order valence-corrected chi connectivity index (χ2v) is 5.10. The number of thiocarbonyl (C=S) groups is 1. The Morgan fingerprint density at radius 2 is 1.54 bits per heavy atom. The molecule has 1 amide bonds. The molecule has 0 spiro atoms. The summed E-state index contributed by atoms with van der Waals surface area (Å²) >= 11 is 5.15. The molecule has 7 heteroatoms. The number of rotatable bonds is 5. The number of anilines is 1. The molecule has 6 nitrogen and oxygen atoms in total. The molecule has 0 aliphatic rings. The van der Waals surface area contributed by atoms with E-state index in [4.69, 9.17) is 26.4 Å². The van der Waals surface area contributed by atoms with E-state index in [9.17, 15) is 4.79 Å². The van der Waals surface area contributed by atoms with Crippen LogP contribution >= 0.6 is 12.2 Å². The molecule has 0 fully saturated rings. The molecule has 24 heavy (non-hydrogen) atoms. The molecule has 0 aliphatic carbocycles. The Morgan fingerprint density at radius 1 is 0.958 bits per heavy atom. The van der Waals surface area contributed by atoms with Crippen molar-refractivity contribution in [2.45, 2.75) is 0 Å². The summed E-state index contributed by atoms with van der Waals surface area (Å²) in [4.78, 5) is 12.4. The van der Waals surface area contributed by atoms with E-state index < -0.39 is 0 Å². The van der Waals surface area contributed by atoms with Crippen molar-refractivity contribution < 1.29 is 19.0 Å². The summed E-state index contributed by atoms with van der Waals surface area (Å²) in [6, 6.07) is 12.4. The summed E-state index contributed by atoms with van der Waals surface area (Å²) in [6.45, 7) is 0. The average molecular weight is 346 g/mol. The highest BCUT2D eigenvalue weighted by molar-refractivity contribution is 7.80. The van der Waals surface area contributed by atoms with Gasteiger partial charge in [-0.1, -0.05) is 18.2 Å². The summed E-state index contributed by atoms with van der Waals surface area (Å²) in [5.74, 6) is 0.817. The van der Waals surface area contributed by atoms with Gasteiger partial charge in [-0.25, -0.2) is 0 Å². The lowest BCUT2D eigenvalue weighted by Crippen LogP contribution is -2.34. The maximum absolute atomic E-state index is 12.4.